The molecule has 0 aliphatic carbocycles. The van der Waals surface area contributed by atoms with Gasteiger partial charge in [-0.05, 0) is 41.9 Å². The average molecular weight is 242 g/mol. The fraction of sp³-hybridized carbons (Fsp3) is 0.500. The van der Waals surface area contributed by atoms with Crippen molar-refractivity contribution in [3.8, 4) is 0 Å². The molecule has 1 nitrogen and oxygen atoms in total. The van der Waals surface area contributed by atoms with E-state index in [0.29, 0.717) is 5.92 Å². The lowest BCUT2D eigenvalue weighted by atomic mass is 9.94. The van der Waals surface area contributed by atoms with Crippen molar-refractivity contribution in [1.82, 2.24) is 0 Å². The van der Waals surface area contributed by atoms with Crippen LogP contribution in [0.25, 0.3) is 0 Å². The van der Waals surface area contributed by atoms with E-state index in [2.05, 4.69) is 6.07 Å². The van der Waals surface area contributed by atoms with Crippen LogP contribution in [0.15, 0.2) is 24.3 Å². The van der Waals surface area contributed by atoms with Crippen molar-refractivity contribution in [2.45, 2.75) is 18.9 Å². The SMILES string of the molecule is NC(Cc1ccccc1Cl)C1CCSC1. The Hall–Kier alpha value is -0.180. The Balaban J connectivity index is 1.99. The zero-order valence-corrected chi connectivity index (χ0v) is 10.2. The number of nitrogens with two attached hydrogens (primary N) is 1. The highest BCUT2D eigenvalue weighted by Crippen LogP contribution is 2.27. The fourth-order valence-corrected chi connectivity index (χ4v) is 3.54. The van der Waals surface area contributed by atoms with E-state index in [1.165, 1.54) is 23.5 Å². The molecule has 0 amide bonds. The molecule has 1 aliphatic rings. The normalized spacial score (nSPS) is 22.9. The molecule has 15 heavy (non-hydrogen) atoms. The molecule has 0 spiro atoms. The molecular weight excluding hydrogens is 226 g/mol. The van der Waals surface area contributed by atoms with Gasteiger partial charge >= 0.3 is 0 Å². The third-order valence-corrected chi connectivity index (χ3v) is 4.54. The van der Waals surface area contributed by atoms with Gasteiger partial charge in [-0.1, -0.05) is 29.8 Å². The number of halogens is 1. The zero-order valence-electron chi connectivity index (χ0n) is 8.66. The Bertz CT molecular complexity index is 323. The van der Waals surface area contributed by atoms with Crippen LogP contribution in [0.2, 0.25) is 5.02 Å². The van der Waals surface area contributed by atoms with Crippen LogP contribution in [0.1, 0.15) is 12.0 Å². The molecule has 2 atom stereocenters. The molecule has 0 bridgehead atoms. The second-order valence-corrected chi connectivity index (χ2v) is 5.64. The van der Waals surface area contributed by atoms with E-state index in [1.54, 1.807) is 0 Å². The van der Waals surface area contributed by atoms with Gasteiger partial charge in [0.2, 0.25) is 0 Å². The summed E-state index contributed by atoms with van der Waals surface area (Å²) in [5, 5.41) is 0.846. The van der Waals surface area contributed by atoms with Gasteiger partial charge < -0.3 is 5.73 Å². The minimum Gasteiger partial charge on any atom is -0.327 e. The fourth-order valence-electron chi connectivity index (χ4n) is 1.97. The summed E-state index contributed by atoms with van der Waals surface area (Å²) in [6.45, 7) is 0. The highest BCUT2D eigenvalue weighted by molar-refractivity contribution is 7.99. The molecule has 1 aliphatic heterocycles. The maximum Gasteiger partial charge on any atom is 0.0438 e. The average Bonchev–Trinajstić information content (AvgIpc) is 2.74. The second-order valence-electron chi connectivity index (χ2n) is 4.08. The number of hydrogen-bond acceptors (Lipinski definition) is 2. The van der Waals surface area contributed by atoms with Gasteiger partial charge in [0, 0.05) is 11.1 Å². The molecule has 0 aromatic heterocycles. The summed E-state index contributed by atoms with van der Waals surface area (Å²) in [7, 11) is 0. The molecule has 2 rings (SSSR count). The Morgan fingerprint density at radius 3 is 2.93 bits per heavy atom. The third kappa shape index (κ3) is 2.90. The van der Waals surface area contributed by atoms with Crippen molar-refractivity contribution < 1.29 is 0 Å². The molecule has 1 fully saturated rings. The van der Waals surface area contributed by atoms with Crippen LogP contribution >= 0.6 is 23.4 Å². The summed E-state index contributed by atoms with van der Waals surface area (Å²) in [5.74, 6) is 3.15. The summed E-state index contributed by atoms with van der Waals surface area (Å²) in [6, 6.07) is 8.26. The highest BCUT2D eigenvalue weighted by Gasteiger charge is 2.22. The maximum absolute atomic E-state index is 6.21. The summed E-state index contributed by atoms with van der Waals surface area (Å²) in [5.41, 5.74) is 7.39. The van der Waals surface area contributed by atoms with Gasteiger partial charge in [0.1, 0.15) is 0 Å². The van der Waals surface area contributed by atoms with E-state index in [4.69, 9.17) is 17.3 Å². The number of thioether (sulfide) groups is 1. The van der Waals surface area contributed by atoms with Crippen LogP contribution < -0.4 is 5.73 Å². The second kappa shape index (κ2) is 5.24. The Morgan fingerprint density at radius 1 is 1.47 bits per heavy atom. The first-order valence-electron chi connectivity index (χ1n) is 5.34. The van der Waals surface area contributed by atoms with Gasteiger partial charge in [0.05, 0.1) is 0 Å². The molecule has 1 aromatic rings. The number of benzene rings is 1. The first kappa shape index (κ1) is 11.3. The van der Waals surface area contributed by atoms with Crippen molar-refractivity contribution in [3.63, 3.8) is 0 Å². The molecule has 82 valence electrons. The van der Waals surface area contributed by atoms with E-state index >= 15 is 0 Å². The first-order valence-corrected chi connectivity index (χ1v) is 6.87. The van der Waals surface area contributed by atoms with E-state index in [1.807, 2.05) is 30.0 Å². The predicted octanol–water partition coefficient (Wildman–Crippen LogP) is 2.96. The summed E-state index contributed by atoms with van der Waals surface area (Å²) in [6.07, 6.45) is 2.17. The van der Waals surface area contributed by atoms with Crippen LogP contribution in [-0.4, -0.2) is 17.5 Å². The Kier molecular flexibility index (Phi) is 3.95. The minimum atomic E-state index is 0.264. The van der Waals surface area contributed by atoms with Gasteiger partial charge in [-0.3, -0.25) is 0 Å². The molecule has 0 radical (unpaired) electrons. The quantitative estimate of drug-likeness (QED) is 0.881. The smallest absolute Gasteiger partial charge is 0.0438 e. The van der Waals surface area contributed by atoms with Crippen molar-refractivity contribution >= 4 is 23.4 Å². The molecule has 1 aromatic carbocycles. The van der Waals surface area contributed by atoms with Crippen LogP contribution in [0.3, 0.4) is 0 Å². The molecular formula is C12H16ClNS. The van der Waals surface area contributed by atoms with Crippen molar-refractivity contribution in [2.75, 3.05) is 11.5 Å². The lowest BCUT2D eigenvalue weighted by molar-refractivity contribution is 0.463. The van der Waals surface area contributed by atoms with Gasteiger partial charge in [-0.25, -0.2) is 0 Å². The van der Waals surface area contributed by atoms with E-state index < -0.39 is 0 Å². The lowest BCUT2D eigenvalue weighted by Crippen LogP contribution is -2.32. The van der Waals surface area contributed by atoms with Gasteiger partial charge in [0.15, 0.2) is 0 Å². The van der Waals surface area contributed by atoms with Crippen molar-refractivity contribution in [3.05, 3.63) is 34.9 Å². The first-order chi connectivity index (χ1) is 7.27. The van der Waals surface area contributed by atoms with Gasteiger partial charge in [-0.2, -0.15) is 11.8 Å². The van der Waals surface area contributed by atoms with Crippen LogP contribution in [0.5, 0.6) is 0 Å². The van der Waals surface area contributed by atoms with Gasteiger partial charge in [-0.15, -0.1) is 0 Å². The number of hydrogen-bond donors (Lipinski definition) is 1. The zero-order chi connectivity index (χ0) is 10.7. The molecule has 3 heteroatoms. The molecule has 1 saturated heterocycles. The highest BCUT2D eigenvalue weighted by atomic mass is 35.5. The monoisotopic (exact) mass is 241 g/mol. The molecule has 2 N–H and O–H groups in total. The van der Waals surface area contributed by atoms with Crippen molar-refractivity contribution in [1.29, 1.82) is 0 Å². The number of rotatable bonds is 3. The molecule has 0 saturated carbocycles. The van der Waals surface area contributed by atoms with E-state index in [0.717, 1.165) is 11.4 Å². The topological polar surface area (TPSA) is 26.0 Å². The largest absolute Gasteiger partial charge is 0.327 e. The summed E-state index contributed by atoms with van der Waals surface area (Å²) in [4.78, 5) is 0. The van der Waals surface area contributed by atoms with Crippen LogP contribution in [0, 0.1) is 5.92 Å². The van der Waals surface area contributed by atoms with E-state index in [9.17, 15) is 0 Å². The predicted molar refractivity (Wildman–Crippen MR) is 68.6 cm³/mol. The van der Waals surface area contributed by atoms with Crippen LogP contribution in [-0.2, 0) is 6.42 Å². The lowest BCUT2D eigenvalue weighted by Gasteiger charge is -2.18. The molecule has 2 unspecified atom stereocenters. The Labute approximate surface area is 100 Å². The van der Waals surface area contributed by atoms with Crippen molar-refractivity contribution in [2.24, 2.45) is 11.7 Å². The standard InChI is InChI=1S/C12H16ClNS/c13-11-4-2-1-3-9(11)7-12(14)10-5-6-15-8-10/h1-4,10,12H,5-8,14H2. The third-order valence-electron chi connectivity index (χ3n) is 2.98. The summed E-state index contributed by atoms with van der Waals surface area (Å²) >= 11 is 8.13. The van der Waals surface area contributed by atoms with E-state index in [-0.39, 0.29) is 6.04 Å². The minimum absolute atomic E-state index is 0.264. The maximum atomic E-state index is 6.21. The summed E-state index contributed by atoms with van der Waals surface area (Å²) < 4.78 is 0. The Morgan fingerprint density at radius 2 is 2.27 bits per heavy atom. The van der Waals surface area contributed by atoms with Gasteiger partial charge in [0.25, 0.3) is 0 Å². The molecule has 1 heterocycles. The van der Waals surface area contributed by atoms with Crippen LogP contribution in [0.4, 0.5) is 0 Å².